The Balaban J connectivity index is 4.13. The molecule has 25 heavy (non-hydrogen) atoms. The topological polar surface area (TPSA) is 94.9 Å². The SMILES string of the molecule is CCCCCC(O)CCCN(CCCCCCC(=O)O)S(=O)(=O)CC. The molecule has 0 spiro atoms. The highest BCUT2D eigenvalue weighted by Gasteiger charge is 2.19. The van der Waals surface area contributed by atoms with Gasteiger partial charge in [-0.25, -0.2) is 12.7 Å². The predicted octanol–water partition coefficient (Wildman–Crippen LogP) is 3.39. The molecule has 150 valence electrons. The minimum atomic E-state index is -3.23. The van der Waals surface area contributed by atoms with Gasteiger partial charge in [0.2, 0.25) is 10.0 Å². The first-order chi connectivity index (χ1) is 11.8. The van der Waals surface area contributed by atoms with Crippen LogP contribution in [0.2, 0.25) is 0 Å². The van der Waals surface area contributed by atoms with Gasteiger partial charge in [-0.3, -0.25) is 4.79 Å². The van der Waals surface area contributed by atoms with Crippen LogP contribution in [-0.4, -0.2) is 53.9 Å². The number of hydrogen-bond acceptors (Lipinski definition) is 4. The zero-order chi connectivity index (χ0) is 19.1. The minimum Gasteiger partial charge on any atom is -0.481 e. The highest BCUT2D eigenvalue weighted by molar-refractivity contribution is 7.89. The number of hydrogen-bond donors (Lipinski definition) is 2. The fraction of sp³-hybridized carbons (Fsp3) is 0.944. The van der Waals surface area contributed by atoms with E-state index < -0.39 is 16.0 Å². The van der Waals surface area contributed by atoms with Crippen molar-refractivity contribution in [3.05, 3.63) is 0 Å². The van der Waals surface area contributed by atoms with E-state index in [-0.39, 0.29) is 18.3 Å². The molecule has 1 atom stereocenters. The molecular formula is C18H37NO5S. The van der Waals surface area contributed by atoms with E-state index in [2.05, 4.69) is 6.92 Å². The van der Waals surface area contributed by atoms with Crippen LogP contribution >= 0.6 is 0 Å². The van der Waals surface area contributed by atoms with Gasteiger partial charge in [0.15, 0.2) is 0 Å². The van der Waals surface area contributed by atoms with Crippen LogP contribution in [0.25, 0.3) is 0 Å². The minimum absolute atomic E-state index is 0.0884. The number of aliphatic carboxylic acids is 1. The summed E-state index contributed by atoms with van der Waals surface area (Å²) in [6.07, 6.45) is 8.23. The number of nitrogens with zero attached hydrogens (tertiary/aromatic N) is 1. The monoisotopic (exact) mass is 379 g/mol. The number of aliphatic hydroxyl groups excluding tert-OH is 1. The fourth-order valence-corrected chi connectivity index (χ4v) is 3.95. The molecule has 0 fully saturated rings. The van der Waals surface area contributed by atoms with Gasteiger partial charge in [0.05, 0.1) is 11.9 Å². The van der Waals surface area contributed by atoms with Crippen molar-refractivity contribution in [2.75, 3.05) is 18.8 Å². The van der Waals surface area contributed by atoms with E-state index in [1.54, 1.807) is 6.92 Å². The Kier molecular flexibility index (Phi) is 14.1. The largest absolute Gasteiger partial charge is 0.481 e. The molecule has 6 nitrogen and oxygen atoms in total. The van der Waals surface area contributed by atoms with Gasteiger partial charge < -0.3 is 10.2 Å². The van der Waals surface area contributed by atoms with Crippen LogP contribution in [0.5, 0.6) is 0 Å². The van der Waals surface area contributed by atoms with Gasteiger partial charge >= 0.3 is 5.97 Å². The smallest absolute Gasteiger partial charge is 0.303 e. The summed E-state index contributed by atoms with van der Waals surface area (Å²) in [5.74, 6) is -0.696. The lowest BCUT2D eigenvalue weighted by atomic mass is 10.1. The van der Waals surface area contributed by atoms with Crippen molar-refractivity contribution in [1.82, 2.24) is 4.31 Å². The second-order valence-electron chi connectivity index (χ2n) is 6.65. The number of carboxylic acid groups (broad SMARTS) is 1. The molecule has 0 saturated carbocycles. The Morgan fingerprint density at radius 3 is 2.12 bits per heavy atom. The van der Waals surface area contributed by atoms with E-state index in [1.807, 2.05) is 0 Å². The molecular weight excluding hydrogens is 342 g/mol. The third-order valence-corrected chi connectivity index (χ3v) is 6.27. The molecule has 2 N–H and O–H groups in total. The van der Waals surface area contributed by atoms with Gasteiger partial charge in [0, 0.05) is 19.5 Å². The van der Waals surface area contributed by atoms with Crippen LogP contribution in [0.1, 0.15) is 84.5 Å². The van der Waals surface area contributed by atoms with E-state index in [4.69, 9.17) is 5.11 Å². The van der Waals surface area contributed by atoms with Crippen molar-refractivity contribution in [2.45, 2.75) is 90.6 Å². The highest BCUT2D eigenvalue weighted by Crippen LogP contribution is 2.12. The Bertz CT molecular complexity index is 439. The highest BCUT2D eigenvalue weighted by atomic mass is 32.2. The number of rotatable bonds is 17. The average molecular weight is 380 g/mol. The molecule has 0 aliphatic heterocycles. The first-order valence-corrected chi connectivity index (χ1v) is 11.3. The van der Waals surface area contributed by atoms with Crippen molar-refractivity contribution in [3.63, 3.8) is 0 Å². The molecule has 0 saturated heterocycles. The lowest BCUT2D eigenvalue weighted by Crippen LogP contribution is -2.34. The van der Waals surface area contributed by atoms with Crippen LogP contribution < -0.4 is 0 Å². The van der Waals surface area contributed by atoms with Crippen LogP contribution in [0, 0.1) is 0 Å². The zero-order valence-electron chi connectivity index (χ0n) is 16.0. The quantitative estimate of drug-likeness (QED) is 0.378. The first-order valence-electron chi connectivity index (χ1n) is 9.71. The van der Waals surface area contributed by atoms with Gasteiger partial charge in [-0.15, -0.1) is 0 Å². The van der Waals surface area contributed by atoms with Crippen molar-refractivity contribution in [3.8, 4) is 0 Å². The molecule has 1 unspecified atom stereocenters. The summed E-state index contributed by atoms with van der Waals surface area (Å²) in [6, 6.07) is 0. The van der Waals surface area contributed by atoms with E-state index in [0.717, 1.165) is 44.9 Å². The Morgan fingerprint density at radius 1 is 0.920 bits per heavy atom. The molecule has 0 aliphatic rings. The average Bonchev–Trinajstić information content (AvgIpc) is 2.56. The van der Waals surface area contributed by atoms with E-state index in [1.165, 1.54) is 4.31 Å². The van der Waals surface area contributed by atoms with Crippen LogP contribution in [0.3, 0.4) is 0 Å². The summed E-state index contributed by atoms with van der Waals surface area (Å²) < 4.78 is 25.9. The van der Waals surface area contributed by atoms with Crippen molar-refractivity contribution >= 4 is 16.0 Å². The zero-order valence-corrected chi connectivity index (χ0v) is 16.8. The van der Waals surface area contributed by atoms with E-state index >= 15 is 0 Å². The fourth-order valence-electron chi connectivity index (χ4n) is 2.77. The Labute approximate surface area is 153 Å². The second-order valence-corrected chi connectivity index (χ2v) is 8.91. The van der Waals surface area contributed by atoms with E-state index in [0.29, 0.717) is 32.4 Å². The van der Waals surface area contributed by atoms with Crippen molar-refractivity contribution < 1.29 is 23.4 Å². The normalized spacial score (nSPS) is 13.3. The summed E-state index contributed by atoms with van der Waals surface area (Å²) in [4.78, 5) is 10.5. The van der Waals surface area contributed by atoms with Crippen LogP contribution in [-0.2, 0) is 14.8 Å². The molecule has 7 heteroatoms. The van der Waals surface area contributed by atoms with Crippen molar-refractivity contribution in [1.29, 1.82) is 0 Å². The molecule has 0 bridgehead atoms. The molecule has 0 rings (SSSR count). The summed E-state index contributed by atoms with van der Waals surface area (Å²) in [7, 11) is -3.23. The summed E-state index contributed by atoms with van der Waals surface area (Å²) in [5, 5.41) is 18.5. The molecule has 0 radical (unpaired) electrons. The number of sulfonamides is 1. The predicted molar refractivity (Wildman–Crippen MR) is 101 cm³/mol. The summed E-state index contributed by atoms with van der Waals surface area (Å²) in [6.45, 7) is 4.71. The summed E-state index contributed by atoms with van der Waals surface area (Å²) in [5.41, 5.74) is 0. The maximum Gasteiger partial charge on any atom is 0.303 e. The van der Waals surface area contributed by atoms with Crippen LogP contribution in [0.4, 0.5) is 0 Å². The van der Waals surface area contributed by atoms with Gasteiger partial charge in [0.25, 0.3) is 0 Å². The van der Waals surface area contributed by atoms with Gasteiger partial charge in [-0.1, -0.05) is 39.0 Å². The Hall–Kier alpha value is -0.660. The Morgan fingerprint density at radius 2 is 1.52 bits per heavy atom. The first kappa shape index (κ1) is 24.3. The summed E-state index contributed by atoms with van der Waals surface area (Å²) >= 11 is 0. The number of carboxylic acids is 1. The molecule has 0 heterocycles. The van der Waals surface area contributed by atoms with Crippen LogP contribution in [0.15, 0.2) is 0 Å². The molecule has 0 aromatic heterocycles. The molecule has 0 amide bonds. The number of unbranched alkanes of at least 4 members (excludes halogenated alkanes) is 5. The number of aliphatic hydroxyl groups is 1. The van der Waals surface area contributed by atoms with Gasteiger partial charge in [0.1, 0.15) is 0 Å². The maximum absolute atomic E-state index is 12.2. The third kappa shape index (κ3) is 13.2. The van der Waals surface area contributed by atoms with Crippen molar-refractivity contribution in [2.24, 2.45) is 0 Å². The standard InChI is InChI=1S/C18H37NO5S/c1-3-5-8-12-17(20)13-11-16-19(25(23,24)4-2)15-10-7-6-9-14-18(21)22/h17,20H,3-16H2,1-2H3,(H,21,22). The maximum atomic E-state index is 12.2. The molecule has 0 aliphatic carbocycles. The third-order valence-electron chi connectivity index (χ3n) is 4.39. The van der Waals surface area contributed by atoms with Gasteiger partial charge in [-0.05, 0) is 39.0 Å². The molecule has 0 aromatic carbocycles. The number of carbonyl (C=O) groups is 1. The second kappa shape index (κ2) is 14.5. The lowest BCUT2D eigenvalue weighted by molar-refractivity contribution is -0.137. The molecule has 0 aromatic rings. The van der Waals surface area contributed by atoms with Gasteiger partial charge in [-0.2, -0.15) is 0 Å². The van der Waals surface area contributed by atoms with E-state index in [9.17, 15) is 18.3 Å². The lowest BCUT2D eigenvalue weighted by Gasteiger charge is -2.22.